The second-order valence-corrected chi connectivity index (χ2v) is 5.18. The zero-order chi connectivity index (χ0) is 9.41. The van der Waals surface area contributed by atoms with E-state index in [9.17, 15) is 0 Å². The Morgan fingerprint density at radius 3 is 2.25 bits per heavy atom. The van der Waals surface area contributed by atoms with Crippen molar-refractivity contribution in [2.24, 2.45) is 10.8 Å². The third kappa shape index (κ3) is 2.34. The molecule has 0 aromatic heterocycles. The monoisotopic (exact) mass is 168 g/mol. The van der Waals surface area contributed by atoms with E-state index >= 15 is 0 Å². The Kier molecular flexibility index (Phi) is 2.35. The molecule has 1 unspecified atom stereocenters. The van der Waals surface area contributed by atoms with Gasteiger partial charge in [-0.2, -0.15) is 0 Å². The molecule has 1 nitrogen and oxygen atoms in total. The molecule has 0 aromatic rings. The fourth-order valence-electron chi connectivity index (χ4n) is 1.86. The van der Waals surface area contributed by atoms with Gasteiger partial charge >= 0.3 is 0 Å². The lowest BCUT2D eigenvalue weighted by molar-refractivity contribution is 0.176. The summed E-state index contributed by atoms with van der Waals surface area (Å²) in [7, 11) is 0. The second-order valence-electron chi connectivity index (χ2n) is 5.18. The van der Waals surface area contributed by atoms with Crippen LogP contribution in [0.4, 0.5) is 0 Å². The highest BCUT2D eigenvalue weighted by Gasteiger charge is 2.41. The maximum absolute atomic E-state index is 5.33. The van der Waals surface area contributed by atoms with E-state index in [1.165, 1.54) is 0 Å². The Bertz CT molecular complexity index is 175. The summed E-state index contributed by atoms with van der Waals surface area (Å²) in [5, 5.41) is 0. The van der Waals surface area contributed by atoms with Gasteiger partial charge in [-0.25, -0.2) is 0 Å². The first-order valence-corrected chi connectivity index (χ1v) is 4.63. The van der Waals surface area contributed by atoms with Crippen molar-refractivity contribution in [2.45, 2.75) is 40.2 Å². The van der Waals surface area contributed by atoms with Crippen LogP contribution in [0.3, 0.4) is 0 Å². The van der Waals surface area contributed by atoms with Crippen molar-refractivity contribution in [1.82, 2.24) is 0 Å². The summed E-state index contributed by atoms with van der Waals surface area (Å²) in [6, 6.07) is 0. The maximum Gasteiger partial charge on any atom is 0.0861 e. The highest BCUT2D eigenvalue weighted by molar-refractivity contribution is 4.96. The zero-order valence-corrected chi connectivity index (χ0v) is 8.68. The molecule has 0 N–H and O–H groups in total. The van der Waals surface area contributed by atoms with Crippen molar-refractivity contribution >= 4 is 0 Å². The van der Waals surface area contributed by atoms with Crippen molar-refractivity contribution in [1.29, 1.82) is 0 Å². The Labute approximate surface area is 75.8 Å². The van der Waals surface area contributed by atoms with Crippen LogP contribution in [0, 0.1) is 10.8 Å². The van der Waals surface area contributed by atoms with Crippen molar-refractivity contribution in [3.8, 4) is 0 Å². The van der Waals surface area contributed by atoms with Crippen molar-refractivity contribution in [2.75, 3.05) is 6.61 Å². The van der Waals surface area contributed by atoms with Gasteiger partial charge in [0, 0.05) is 0 Å². The first-order chi connectivity index (χ1) is 5.37. The molecule has 1 rings (SSSR count). The third-order valence-corrected chi connectivity index (χ3v) is 2.67. The maximum atomic E-state index is 5.33. The minimum absolute atomic E-state index is 0.232. The topological polar surface area (TPSA) is 12.5 Å². The molecular formula is C11H20O. The van der Waals surface area contributed by atoms with Gasteiger partial charge in [0.25, 0.3) is 0 Å². The highest BCUT2D eigenvalue weighted by atomic mass is 16.6. The van der Waals surface area contributed by atoms with Gasteiger partial charge in [0.1, 0.15) is 0 Å². The minimum Gasteiger partial charge on any atom is -0.373 e. The molecule has 1 heteroatoms. The van der Waals surface area contributed by atoms with E-state index < -0.39 is 0 Å². The van der Waals surface area contributed by atoms with Crippen molar-refractivity contribution < 1.29 is 4.74 Å². The molecule has 1 atom stereocenters. The first-order valence-electron chi connectivity index (χ1n) is 4.63. The van der Waals surface area contributed by atoms with E-state index in [1.807, 2.05) is 6.08 Å². The molecular weight excluding hydrogens is 148 g/mol. The first kappa shape index (κ1) is 9.79. The average Bonchev–Trinajstić information content (AvgIpc) is 2.65. The molecule has 12 heavy (non-hydrogen) atoms. The fourth-order valence-corrected chi connectivity index (χ4v) is 1.86. The summed E-state index contributed by atoms with van der Waals surface area (Å²) in [6.07, 6.45) is 3.67. The number of rotatable bonds is 4. The van der Waals surface area contributed by atoms with Crippen LogP contribution in [0.5, 0.6) is 0 Å². The predicted octanol–water partition coefficient (Wildman–Crippen LogP) is 3.01. The molecule has 1 saturated heterocycles. The highest BCUT2D eigenvalue weighted by Crippen LogP contribution is 2.42. The van der Waals surface area contributed by atoms with Gasteiger partial charge in [-0.1, -0.05) is 33.8 Å². The van der Waals surface area contributed by atoms with E-state index in [4.69, 9.17) is 4.74 Å². The smallest absolute Gasteiger partial charge is 0.0861 e. The van der Waals surface area contributed by atoms with E-state index in [0.29, 0.717) is 11.5 Å². The van der Waals surface area contributed by atoms with Gasteiger partial charge < -0.3 is 4.74 Å². The second kappa shape index (κ2) is 2.88. The van der Waals surface area contributed by atoms with Gasteiger partial charge in [-0.15, -0.1) is 6.58 Å². The fraction of sp³-hybridized carbons (Fsp3) is 0.818. The van der Waals surface area contributed by atoms with E-state index in [-0.39, 0.29) is 5.41 Å². The van der Waals surface area contributed by atoms with E-state index in [0.717, 1.165) is 13.0 Å². The number of allylic oxidation sites excluding steroid dienone is 1. The lowest BCUT2D eigenvalue weighted by Crippen LogP contribution is -2.26. The normalized spacial score (nSPS) is 23.8. The van der Waals surface area contributed by atoms with Crippen molar-refractivity contribution in [3.63, 3.8) is 0 Å². The summed E-state index contributed by atoms with van der Waals surface area (Å²) >= 11 is 0. The molecule has 0 aliphatic carbocycles. The summed E-state index contributed by atoms with van der Waals surface area (Å²) < 4.78 is 5.33. The van der Waals surface area contributed by atoms with Crippen LogP contribution in [-0.2, 0) is 4.74 Å². The quantitative estimate of drug-likeness (QED) is 0.464. The Morgan fingerprint density at radius 1 is 1.42 bits per heavy atom. The molecule has 0 saturated carbocycles. The minimum atomic E-state index is 0.232. The Balaban J connectivity index is 2.53. The molecule has 0 amide bonds. The molecule has 0 aromatic carbocycles. The standard InChI is InChI=1S/C11H20O/c1-6-10(2,3)8-11(4,5)9-7-12-9/h6,9H,1,7-8H2,2-5H3. The van der Waals surface area contributed by atoms with Gasteiger partial charge in [-0.3, -0.25) is 0 Å². The average molecular weight is 168 g/mol. The molecule has 0 radical (unpaired) electrons. The van der Waals surface area contributed by atoms with Crippen LogP contribution in [-0.4, -0.2) is 12.7 Å². The molecule has 0 bridgehead atoms. The molecule has 70 valence electrons. The molecule has 0 spiro atoms. The Hall–Kier alpha value is -0.300. The van der Waals surface area contributed by atoms with Crippen molar-refractivity contribution in [3.05, 3.63) is 12.7 Å². The molecule has 1 aliphatic heterocycles. The van der Waals surface area contributed by atoms with Gasteiger partial charge in [-0.05, 0) is 17.3 Å². The largest absolute Gasteiger partial charge is 0.373 e. The van der Waals surface area contributed by atoms with Crippen LogP contribution in [0.15, 0.2) is 12.7 Å². The lowest BCUT2D eigenvalue weighted by atomic mass is 9.73. The van der Waals surface area contributed by atoms with Crippen LogP contribution in [0.1, 0.15) is 34.1 Å². The summed E-state index contributed by atoms with van der Waals surface area (Å²) in [4.78, 5) is 0. The molecule has 1 fully saturated rings. The molecule has 1 heterocycles. The van der Waals surface area contributed by atoms with Crippen LogP contribution in [0.25, 0.3) is 0 Å². The number of epoxide rings is 1. The van der Waals surface area contributed by atoms with Crippen LogP contribution >= 0.6 is 0 Å². The number of ether oxygens (including phenoxy) is 1. The number of hydrogen-bond acceptors (Lipinski definition) is 1. The van der Waals surface area contributed by atoms with E-state index in [2.05, 4.69) is 34.3 Å². The van der Waals surface area contributed by atoms with E-state index in [1.54, 1.807) is 0 Å². The number of hydrogen-bond donors (Lipinski definition) is 0. The summed E-state index contributed by atoms with van der Waals surface area (Å²) in [5.41, 5.74) is 0.535. The summed E-state index contributed by atoms with van der Waals surface area (Å²) in [6.45, 7) is 13.8. The molecule has 1 aliphatic rings. The van der Waals surface area contributed by atoms with Gasteiger partial charge in [0.15, 0.2) is 0 Å². The van der Waals surface area contributed by atoms with Gasteiger partial charge in [0.05, 0.1) is 12.7 Å². The SMILES string of the molecule is C=CC(C)(C)CC(C)(C)C1CO1. The van der Waals surface area contributed by atoms with Crippen LogP contribution < -0.4 is 0 Å². The predicted molar refractivity (Wildman–Crippen MR) is 52.1 cm³/mol. The summed E-state index contributed by atoms with van der Waals surface area (Å²) in [5.74, 6) is 0. The van der Waals surface area contributed by atoms with Crippen LogP contribution in [0.2, 0.25) is 0 Å². The zero-order valence-electron chi connectivity index (χ0n) is 8.68. The lowest BCUT2D eigenvalue weighted by Gasteiger charge is -2.31. The van der Waals surface area contributed by atoms with Gasteiger partial charge in [0.2, 0.25) is 0 Å². The Morgan fingerprint density at radius 2 is 1.92 bits per heavy atom. The third-order valence-electron chi connectivity index (χ3n) is 2.67.